The van der Waals surface area contributed by atoms with Crippen LogP contribution >= 0.6 is 11.6 Å². The third kappa shape index (κ3) is 3.93. The summed E-state index contributed by atoms with van der Waals surface area (Å²) in [6.45, 7) is -0.135. The Hall–Kier alpha value is -0.816. The molecule has 0 aliphatic rings. The Morgan fingerprint density at radius 2 is 1.91 bits per heavy atom. The van der Waals surface area contributed by atoms with Crippen molar-refractivity contribution in [3.63, 3.8) is 0 Å². The smallest absolute Gasteiger partial charge is 0.212 e. The average Bonchev–Trinajstić information content (AvgIpc) is 2.44. The van der Waals surface area contributed by atoms with E-state index in [1.165, 1.54) is 20.2 Å². The number of ether oxygens (including phenoxy) is 2. The monoisotopic (exact) mass is 403 g/mol. The SMILES string of the molecule is COCOc1cc(F)c(-c2[c-]cc(Cl)c(=O)n2C)c(F)c1.[Y]. The number of pyridine rings is 1. The van der Waals surface area contributed by atoms with E-state index in [1.54, 1.807) is 0 Å². The summed E-state index contributed by atoms with van der Waals surface area (Å²) in [6.07, 6.45) is 0. The molecule has 115 valence electrons. The van der Waals surface area contributed by atoms with E-state index in [2.05, 4.69) is 10.8 Å². The Kier molecular flexibility index (Phi) is 7.13. The number of hydrogen-bond donors (Lipinski definition) is 0. The van der Waals surface area contributed by atoms with Crippen molar-refractivity contribution in [2.24, 2.45) is 7.05 Å². The summed E-state index contributed by atoms with van der Waals surface area (Å²) in [7, 11) is 2.74. The van der Waals surface area contributed by atoms with E-state index in [9.17, 15) is 13.6 Å². The number of halogens is 3. The molecule has 0 spiro atoms. The van der Waals surface area contributed by atoms with Gasteiger partial charge in [0.05, 0.1) is 11.6 Å². The van der Waals surface area contributed by atoms with Crippen LogP contribution in [-0.2, 0) is 44.5 Å². The zero-order valence-corrected chi connectivity index (χ0v) is 15.4. The summed E-state index contributed by atoms with van der Waals surface area (Å²) in [6, 6.07) is 5.77. The van der Waals surface area contributed by atoms with Crippen LogP contribution in [0, 0.1) is 17.7 Å². The molecule has 2 aromatic rings. The van der Waals surface area contributed by atoms with Crippen molar-refractivity contribution in [2.45, 2.75) is 0 Å². The molecule has 1 aromatic heterocycles. The Morgan fingerprint density at radius 3 is 2.45 bits per heavy atom. The fraction of sp³-hybridized carbons (Fsp3) is 0.214. The minimum absolute atomic E-state index is 0. The normalized spacial score (nSPS) is 10.2. The summed E-state index contributed by atoms with van der Waals surface area (Å²) in [5.41, 5.74) is -0.988. The van der Waals surface area contributed by atoms with Crippen molar-refractivity contribution in [1.82, 2.24) is 4.57 Å². The van der Waals surface area contributed by atoms with Gasteiger partial charge in [-0.15, -0.1) is 0 Å². The molecule has 1 radical (unpaired) electrons. The molecule has 0 atom stereocenters. The Balaban J connectivity index is 0.00000242. The molecule has 22 heavy (non-hydrogen) atoms. The largest absolute Gasteiger partial charge is 0.467 e. The fourth-order valence-corrected chi connectivity index (χ4v) is 1.96. The van der Waals surface area contributed by atoms with Crippen molar-refractivity contribution < 1.29 is 51.0 Å². The van der Waals surface area contributed by atoms with Crippen LogP contribution in [0.25, 0.3) is 11.3 Å². The fourth-order valence-electron chi connectivity index (χ4n) is 1.78. The Labute approximate surface area is 155 Å². The number of nitrogens with zero attached hydrogens (tertiary/aromatic N) is 1. The molecule has 1 aromatic carbocycles. The van der Waals surface area contributed by atoms with Gasteiger partial charge in [-0.05, 0) is 5.56 Å². The molecule has 0 amide bonds. The van der Waals surface area contributed by atoms with Crippen LogP contribution < -0.4 is 10.3 Å². The van der Waals surface area contributed by atoms with Gasteiger partial charge in [0.15, 0.2) is 6.79 Å². The van der Waals surface area contributed by atoms with Gasteiger partial charge in [-0.2, -0.15) is 23.7 Å². The summed E-state index contributed by atoms with van der Waals surface area (Å²) in [5, 5.41) is -0.0814. The molecule has 0 aliphatic carbocycles. The summed E-state index contributed by atoms with van der Waals surface area (Å²) < 4.78 is 38.9. The van der Waals surface area contributed by atoms with Gasteiger partial charge in [0.2, 0.25) is 5.56 Å². The topological polar surface area (TPSA) is 40.5 Å². The van der Waals surface area contributed by atoms with Crippen LogP contribution in [0.5, 0.6) is 5.75 Å². The molecule has 0 fully saturated rings. The van der Waals surface area contributed by atoms with Crippen LogP contribution in [0.1, 0.15) is 0 Å². The van der Waals surface area contributed by atoms with E-state index in [1.807, 2.05) is 0 Å². The second kappa shape index (κ2) is 8.15. The Morgan fingerprint density at radius 1 is 1.32 bits per heavy atom. The Bertz CT molecular complexity index is 714. The van der Waals surface area contributed by atoms with Gasteiger partial charge >= 0.3 is 0 Å². The van der Waals surface area contributed by atoms with Crippen molar-refractivity contribution >= 4 is 11.6 Å². The molecule has 0 unspecified atom stereocenters. The molecule has 1 heterocycles. The summed E-state index contributed by atoms with van der Waals surface area (Å²) >= 11 is 5.65. The first kappa shape index (κ1) is 19.2. The van der Waals surface area contributed by atoms with E-state index < -0.39 is 17.2 Å². The van der Waals surface area contributed by atoms with Gasteiger partial charge in [-0.3, -0.25) is 4.79 Å². The molecule has 0 aliphatic heterocycles. The molecule has 0 bridgehead atoms. The predicted molar refractivity (Wildman–Crippen MR) is 73.4 cm³/mol. The first-order valence-corrected chi connectivity index (χ1v) is 6.22. The molecular weight excluding hydrogens is 393 g/mol. The standard InChI is InChI=1S/C14H11ClF2NO3.Y/c1-18-12(4-3-9(15)14(18)19)13-10(16)5-8(6-11(13)17)21-7-20-2;/h3,5-6H,7H2,1-2H3;/q-1;. The van der Waals surface area contributed by atoms with Crippen LogP contribution in [0.2, 0.25) is 5.02 Å². The molecule has 8 heteroatoms. The third-order valence-corrected chi connectivity index (χ3v) is 3.05. The maximum Gasteiger partial charge on any atom is 0.212 e. The third-order valence-electron chi connectivity index (χ3n) is 2.78. The minimum Gasteiger partial charge on any atom is -0.467 e. The number of rotatable bonds is 4. The van der Waals surface area contributed by atoms with Crippen molar-refractivity contribution in [1.29, 1.82) is 0 Å². The summed E-state index contributed by atoms with van der Waals surface area (Å²) in [5.74, 6) is -1.78. The van der Waals surface area contributed by atoms with Gasteiger partial charge in [0.1, 0.15) is 5.75 Å². The van der Waals surface area contributed by atoms with Gasteiger partial charge in [-0.25, -0.2) is 8.78 Å². The van der Waals surface area contributed by atoms with Crippen LogP contribution in [0.3, 0.4) is 0 Å². The van der Waals surface area contributed by atoms with Gasteiger partial charge < -0.3 is 14.0 Å². The van der Waals surface area contributed by atoms with Crippen molar-refractivity contribution in [2.75, 3.05) is 13.9 Å². The zero-order chi connectivity index (χ0) is 15.6. The first-order chi connectivity index (χ1) is 9.95. The number of benzene rings is 1. The van der Waals surface area contributed by atoms with Gasteiger partial charge in [-0.1, -0.05) is 5.69 Å². The van der Waals surface area contributed by atoms with Crippen LogP contribution in [0.4, 0.5) is 8.78 Å². The molecular formula is C14H11ClF2NO3Y-. The second-order valence-electron chi connectivity index (χ2n) is 4.16. The van der Waals surface area contributed by atoms with Gasteiger partial charge in [0, 0.05) is 64.0 Å². The van der Waals surface area contributed by atoms with Gasteiger partial charge in [0.25, 0.3) is 0 Å². The van der Waals surface area contributed by atoms with E-state index in [0.29, 0.717) is 0 Å². The van der Waals surface area contributed by atoms with E-state index >= 15 is 0 Å². The molecule has 4 nitrogen and oxygen atoms in total. The first-order valence-electron chi connectivity index (χ1n) is 5.84. The summed E-state index contributed by atoms with van der Waals surface area (Å²) in [4.78, 5) is 11.7. The molecule has 2 rings (SSSR count). The van der Waals surface area contributed by atoms with Crippen LogP contribution in [0.15, 0.2) is 23.0 Å². The van der Waals surface area contributed by atoms with E-state index in [0.717, 1.165) is 16.7 Å². The molecule has 0 N–H and O–H groups in total. The number of aromatic nitrogens is 1. The average molecular weight is 404 g/mol. The number of methoxy groups -OCH3 is 1. The van der Waals surface area contributed by atoms with Crippen molar-refractivity contribution in [3.8, 4) is 17.0 Å². The minimum atomic E-state index is -0.880. The second-order valence-corrected chi connectivity index (χ2v) is 4.57. The maximum absolute atomic E-state index is 14.1. The van der Waals surface area contributed by atoms with Crippen LogP contribution in [-0.4, -0.2) is 18.5 Å². The predicted octanol–water partition coefficient (Wildman–Crippen LogP) is 2.76. The zero-order valence-electron chi connectivity index (χ0n) is 11.8. The molecule has 0 saturated carbocycles. The van der Waals surface area contributed by atoms with E-state index in [4.69, 9.17) is 16.3 Å². The quantitative estimate of drug-likeness (QED) is 0.582. The van der Waals surface area contributed by atoms with E-state index in [-0.39, 0.29) is 61.5 Å². The number of hydrogen-bond acceptors (Lipinski definition) is 3. The molecule has 0 saturated heterocycles. The van der Waals surface area contributed by atoms with Crippen molar-refractivity contribution in [3.05, 3.63) is 51.3 Å². The maximum atomic E-state index is 14.1.